The fourth-order valence-electron chi connectivity index (χ4n) is 1.40. The van der Waals surface area contributed by atoms with E-state index in [1.807, 2.05) is 6.92 Å². The molecule has 0 aliphatic rings. The van der Waals surface area contributed by atoms with Gasteiger partial charge in [0.2, 0.25) is 10.0 Å². The van der Waals surface area contributed by atoms with E-state index in [0.717, 1.165) is 12.8 Å². The third kappa shape index (κ3) is 3.43. The van der Waals surface area contributed by atoms with Crippen molar-refractivity contribution in [2.24, 2.45) is 0 Å². The summed E-state index contributed by atoms with van der Waals surface area (Å²) in [6, 6.07) is 4.71. The molecule has 1 rings (SSSR count). The first-order valence-corrected chi connectivity index (χ1v) is 7.64. The number of anilines is 1. The van der Waals surface area contributed by atoms with E-state index in [1.54, 1.807) is 19.2 Å². The van der Waals surface area contributed by atoms with Gasteiger partial charge in [-0.05, 0) is 40.5 Å². The first-order chi connectivity index (χ1) is 7.89. The fraction of sp³-hybridized carbons (Fsp3) is 0.455. The molecule has 2 N–H and O–H groups in total. The molecule has 0 atom stereocenters. The Labute approximate surface area is 111 Å². The van der Waals surface area contributed by atoms with Crippen LogP contribution in [0.2, 0.25) is 0 Å². The quantitative estimate of drug-likeness (QED) is 0.847. The highest BCUT2D eigenvalue weighted by molar-refractivity contribution is 9.10. The Morgan fingerprint density at radius 3 is 2.59 bits per heavy atom. The van der Waals surface area contributed by atoms with Gasteiger partial charge in [-0.2, -0.15) is 0 Å². The zero-order chi connectivity index (χ0) is 13.1. The summed E-state index contributed by atoms with van der Waals surface area (Å²) >= 11 is 3.23. The molecule has 0 saturated heterocycles. The monoisotopic (exact) mass is 320 g/mol. The van der Waals surface area contributed by atoms with Gasteiger partial charge in [0, 0.05) is 23.8 Å². The van der Waals surface area contributed by atoms with Crippen LogP contribution in [-0.4, -0.2) is 26.3 Å². The summed E-state index contributed by atoms with van der Waals surface area (Å²) in [5.74, 6) is 0. The first kappa shape index (κ1) is 14.5. The van der Waals surface area contributed by atoms with Crippen LogP contribution in [0.25, 0.3) is 0 Å². The highest BCUT2D eigenvalue weighted by Crippen LogP contribution is 2.26. The number of benzene rings is 1. The van der Waals surface area contributed by atoms with Gasteiger partial charge in [0.15, 0.2) is 0 Å². The van der Waals surface area contributed by atoms with Gasteiger partial charge >= 0.3 is 0 Å². The molecule has 0 aromatic heterocycles. The van der Waals surface area contributed by atoms with Gasteiger partial charge in [-0.3, -0.25) is 0 Å². The van der Waals surface area contributed by atoms with Crippen LogP contribution in [0.5, 0.6) is 0 Å². The normalized spacial score (nSPS) is 12.0. The molecule has 0 aliphatic carbocycles. The number of halogens is 1. The molecule has 0 fully saturated rings. The van der Waals surface area contributed by atoms with Crippen LogP contribution in [0.1, 0.15) is 19.8 Å². The van der Waals surface area contributed by atoms with Crippen LogP contribution in [0.3, 0.4) is 0 Å². The minimum absolute atomic E-state index is 0.255. The molecule has 0 radical (unpaired) electrons. The fourth-order valence-corrected chi connectivity index (χ4v) is 3.66. The number of sulfonamides is 1. The molecule has 96 valence electrons. The number of unbranched alkanes of at least 4 members (excludes halogenated alkanes) is 1. The van der Waals surface area contributed by atoms with Gasteiger partial charge in [0.05, 0.1) is 4.90 Å². The molecule has 1 aromatic carbocycles. The standard InChI is InChI=1S/C11H17BrN2O2S/c1-3-4-7-14(2)17(15,16)11-6-5-9(13)8-10(11)12/h5-6,8H,3-4,7,13H2,1-2H3. The van der Waals surface area contributed by atoms with Gasteiger partial charge < -0.3 is 5.73 Å². The SMILES string of the molecule is CCCCN(C)S(=O)(=O)c1ccc(N)cc1Br. The number of rotatable bonds is 5. The van der Waals surface area contributed by atoms with Crippen molar-refractivity contribution in [2.45, 2.75) is 24.7 Å². The molecule has 0 spiro atoms. The number of nitrogens with two attached hydrogens (primary N) is 1. The first-order valence-electron chi connectivity index (χ1n) is 5.41. The molecule has 0 heterocycles. The van der Waals surface area contributed by atoms with Crippen molar-refractivity contribution >= 4 is 31.6 Å². The lowest BCUT2D eigenvalue weighted by molar-refractivity contribution is 0.459. The van der Waals surface area contributed by atoms with Crippen LogP contribution in [0.4, 0.5) is 5.69 Å². The number of hydrogen-bond acceptors (Lipinski definition) is 3. The van der Waals surface area contributed by atoms with Crippen LogP contribution in [0, 0.1) is 0 Å². The Balaban J connectivity index is 3.04. The smallest absolute Gasteiger partial charge is 0.243 e. The maximum Gasteiger partial charge on any atom is 0.243 e. The molecule has 4 nitrogen and oxygen atoms in total. The molecule has 1 aromatic rings. The molecule has 0 aliphatic heterocycles. The number of hydrogen-bond donors (Lipinski definition) is 1. The predicted octanol–water partition coefficient (Wildman–Crippen LogP) is 2.45. The van der Waals surface area contributed by atoms with E-state index in [4.69, 9.17) is 5.73 Å². The van der Waals surface area contributed by atoms with E-state index in [0.29, 0.717) is 16.7 Å². The topological polar surface area (TPSA) is 63.4 Å². The zero-order valence-corrected chi connectivity index (χ0v) is 12.4. The minimum Gasteiger partial charge on any atom is -0.399 e. The van der Waals surface area contributed by atoms with E-state index in [2.05, 4.69) is 15.9 Å². The minimum atomic E-state index is -3.43. The number of nitrogens with zero attached hydrogens (tertiary/aromatic N) is 1. The zero-order valence-electron chi connectivity index (χ0n) is 9.98. The maximum absolute atomic E-state index is 12.2. The Bertz CT molecular complexity index is 488. The van der Waals surface area contributed by atoms with Gasteiger partial charge in [-0.25, -0.2) is 12.7 Å². The summed E-state index contributed by atoms with van der Waals surface area (Å²) in [6.45, 7) is 2.55. The summed E-state index contributed by atoms with van der Waals surface area (Å²) in [7, 11) is -1.84. The van der Waals surface area contributed by atoms with Gasteiger partial charge in [-0.15, -0.1) is 0 Å². The summed E-state index contributed by atoms with van der Waals surface area (Å²) in [5, 5.41) is 0. The van der Waals surface area contributed by atoms with E-state index in [9.17, 15) is 8.42 Å². The second kappa shape index (κ2) is 5.84. The summed E-state index contributed by atoms with van der Waals surface area (Å²) in [4.78, 5) is 0.255. The third-order valence-corrected chi connectivity index (χ3v) is 5.30. The van der Waals surface area contributed by atoms with E-state index in [1.165, 1.54) is 10.4 Å². The molecule has 0 unspecified atom stereocenters. The predicted molar refractivity (Wildman–Crippen MR) is 73.3 cm³/mol. The molecule has 0 saturated carbocycles. The molecule has 0 bridgehead atoms. The average molecular weight is 321 g/mol. The van der Waals surface area contributed by atoms with Crippen molar-refractivity contribution in [1.29, 1.82) is 0 Å². The molecule has 6 heteroatoms. The lowest BCUT2D eigenvalue weighted by Gasteiger charge is -2.17. The Hall–Kier alpha value is -0.590. The van der Waals surface area contributed by atoms with E-state index in [-0.39, 0.29) is 4.90 Å². The van der Waals surface area contributed by atoms with Gasteiger partial charge in [0.25, 0.3) is 0 Å². The Morgan fingerprint density at radius 1 is 1.41 bits per heavy atom. The molecular weight excluding hydrogens is 304 g/mol. The van der Waals surface area contributed by atoms with E-state index < -0.39 is 10.0 Å². The second-order valence-electron chi connectivity index (χ2n) is 3.87. The number of nitrogen functional groups attached to an aromatic ring is 1. The van der Waals surface area contributed by atoms with Crippen LogP contribution in [0.15, 0.2) is 27.6 Å². The van der Waals surface area contributed by atoms with Crippen LogP contribution < -0.4 is 5.73 Å². The van der Waals surface area contributed by atoms with Crippen molar-refractivity contribution in [3.05, 3.63) is 22.7 Å². The van der Waals surface area contributed by atoms with Gasteiger partial charge in [0.1, 0.15) is 0 Å². The van der Waals surface area contributed by atoms with Gasteiger partial charge in [-0.1, -0.05) is 13.3 Å². The van der Waals surface area contributed by atoms with Crippen molar-refractivity contribution in [2.75, 3.05) is 19.3 Å². The van der Waals surface area contributed by atoms with Crippen molar-refractivity contribution in [3.8, 4) is 0 Å². The lowest BCUT2D eigenvalue weighted by atomic mass is 10.3. The molecule has 0 amide bonds. The third-order valence-electron chi connectivity index (χ3n) is 2.47. The highest BCUT2D eigenvalue weighted by Gasteiger charge is 2.22. The van der Waals surface area contributed by atoms with E-state index >= 15 is 0 Å². The summed E-state index contributed by atoms with van der Waals surface area (Å²) in [6.07, 6.45) is 1.81. The summed E-state index contributed by atoms with van der Waals surface area (Å²) < 4.78 is 26.3. The molecule has 17 heavy (non-hydrogen) atoms. The Kier molecular flexibility index (Phi) is 4.97. The second-order valence-corrected chi connectivity index (χ2v) is 6.74. The van der Waals surface area contributed by atoms with Crippen molar-refractivity contribution in [1.82, 2.24) is 4.31 Å². The largest absolute Gasteiger partial charge is 0.399 e. The maximum atomic E-state index is 12.2. The van der Waals surface area contributed by atoms with Crippen molar-refractivity contribution < 1.29 is 8.42 Å². The Morgan fingerprint density at radius 2 is 2.06 bits per heavy atom. The van der Waals surface area contributed by atoms with Crippen molar-refractivity contribution in [3.63, 3.8) is 0 Å². The van der Waals surface area contributed by atoms with Crippen LogP contribution in [-0.2, 0) is 10.0 Å². The highest BCUT2D eigenvalue weighted by atomic mass is 79.9. The lowest BCUT2D eigenvalue weighted by Crippen LogP contribution is -2.28. The summed E-state index contributed by atoms with van der Waals surface area (Å²) in [5.41, 5.74) is 6.12. The molecular formula is C11H17BrN2O2S. The average Bonchev–Trinajstić information content (AvgIpc) is 2.25. The van der Waals surface area contributed by atoms with Crippen LogP contribution >= 0.6 is 15.9 Å².